The quantitative estimate of drug-likeness (QED) is 0.611. The first-order chi connectivity index (χ1) is 9.85. The Bertz CT molecular complexity index is 670. The van der Waals surface area contributed by atoms with Crippen LogP contribution in [0.1, 0.15) is 27.9 Å². The summed E-state index contributed by atoms with van der Waals surface area (Å²) in [4.78, 5) is 12.1. The molecule has 0 unspecified atom stereocenters. The zero-order valence-electron chi connectivity index (χ0n) is 12.3. The average molecular weight is 308 g/mol. The van der Waals surface area contributed by atoms with Crippen LogP contribution in [-0.4, -0.2) is 39.4 Å². The standard InChI is InChI=1S/C15H20N2O3S/c1-12-13(7-4-9-16)6-3-8-14(12)15(18)17-10-5-11-21(2,19)20/h3,6,8H,5,9-11,16H2,1-2H3,(H,17,18). The Labute approximate surface area is 125 Å². The van der Waals surface area contributed by atoms with E-state index in [-0.39, 0.29) is 18.2 Å². The van der Waals surface area contributed by atoms with Gasteiger partial charge in [-0.25, -0.2) is 8.42 Å². The Balaban J connectivity index is 2.70. The van der Waals surface area contributed by atoms with Crippen LogP contribution in [-0.2, 0) is 9.84 Å². The molecular formula is C15H20N2O3S. The summed E-state index contributed by atoms with van der Waals surface area (Å²) in [6.45, 7) is 2.41. The minimum Gasteiger partial charge on any atom is -0.352 e. The van der Waals surface area contributed by atoms with Crippen LogP contribution in [0.3, 0.4) is 0 Å². The van der Waals surface area contributed by atoms with Gasteiger partial charge in [-0.05, 0) is 31.0 Å². The van der Waals surface area contributed by atoms with Crippen LogP contribution in [0.5, 0.6) is 0 Å². The number of benzene rings is 1. The fraction of sp³-hybridized carbons (Fsp3) is 0.400. The molecule has 114 valence electrons. The van der Waals surface area contributed by atoms with E-state index in [1.807, 2.05) is 13.0 Å². The number of nitrogens with one attached hydrogen (secondary N) is 1. The summed E-state index contributed by atoms with van der Waals surface area (Å²) in [6, 6.07) is 5.31. The van der Waals surface area contributed by atoms with Crippen molar-refractivity contribution in [1.29, 1.82) is 0 Å². The summed E-state index contributed by atoms with van der Waals surface area (Å²) >= 11 is 0. The van der Waals surface area contributed by atoms with Crippen LogP contribution < -0.4 is 11.1 Å². The van der Waals surface area contributed by atoms with Gasteiger partial charge in [0.25, 0.3) is 5.91 Å². The fourth-order valence-electron chi connectivity index (χ4n) is 1.79. The zero-order valence-corrected chi connectivity index (χ0v) is 13.1. The topological polar surface area (TPSA) is 89.3 Å². The Morgan fingerprint density at radius 3 is 2.71 bits per heavy atom. The minimum absolute atomic E-state index is 0.0638. The first-order valence-corrected chi connectivity index (χ1v) is 8.65. The SMILES string of the molecule is Cc1c(C#CCN)cccc1C(=O)NCCCS(C)(=O)=O. The number of carbonyl (C=O) groups excluding carboxylic acids is 1. The maximum absolute atomic E-state index is 12.1. The molecule has 0 saturated carbocycles. The summed E-state index contributed by atoms with van der Waals surface area (Å²) in [6.07, 6.45) is 1.58. The Morgan fingerprint density at radius 1 is 1.38 bits per heavy atom. The fourth-order valence-corrected chi connectivity index (χ4v) is 2.46. The van der Waals surface area contributed by atoms with Crippen molar-refractivity contribution >= 4 is 15.7 Å². The van der Waals surface area contributed by atoms with Gasteiger partial charge in [0.2, 0.25) is 0 Å². The van der Waals surface area contributed by atoms with Crippen LogP contribution in [0, 0.1) is 18.8 Å². The average Bonchev–Trinajstić information content (AvgIpc) is 2.41. The van der Waals surface area contributed by atoms with Gasteiger partial charge in [-0.3, -0.25) is 4.79 Å². The summed E-state index contributed by atoms with van der Waals surface area (Å²) in [5, 5.41) is 2.72. The smallest absolute Gasteiger partial charge is 0.251 e. The normalized spacial score (nSPS) is 10.6. The number of carbonyl (C=O) groups is 1. The molecule has 0 aliphatic carbocycles. The molecule has 1 aromatic rings. The van der Waals surface area contributed by atoms with Crippen LogP contribution in [0.15, 0.2) is 18.2 Å². The summed E-state index contributed by atoms with van der Waals surface area (Å²) in [7, 11) is -2.99. The molecule has 0 aromatic heterocycles. The molecule has 0 saturated heterocycles. The van der Waals surface area contributed by atoms with Crippen molar-refractivity contribution in [3.8, 4) is 11.8 Å². The third-order valence-electron chi connectivity index (χ3n) is 2.88. The van der Waals surface area contributed by atoms with Crippen molar-refractivity contribution in [3.05, 3.63) is 34.9 Å². The van der Waals surface area contributed by atoms with E-state index in [4.69, 9.17) is 5.73 Å². The number of rotatable bonds is 5. The maximum Gasteiger partial charge on any atom is 0.251 e. The highest BCUT2D eigenvalue weighted by molar-refractivity contribution is 7.90. The molecule has 0 radical (unpaired) electrons. The van der Waals surface area contributed by atoms with E-state index in [2.05, 4.69) is 17.2 Å². The molecule has 6 heteroatoms. The summed E-state index contributed by atoms with van der Waals surface area (Å²) < 4.78 is 22.0. The summed E-state index contributed by atoms with van der Waals surface area (Å²) in [5.41, 5.74) is 7.44. The molecule has 21 heavy (non-hydrogen) atoms. The minimum atomic E-state index is -2.99. The van der Waals surface area contributed by atoms with E-state index < -0.39 is 9.84 Å². The summed E-state index contributed by atoms with van der Waals surface area (Å²) in [5.74, 6) is 5.52. The van der Waals surface area contributed by atoms with E-state index in [0.29, 0.717) is 18.5 Å². The number of sulfone groups is 1. The van der Waals surface area contributed by atoms with E-state index in [1.54, 1.807) is 12.1 Å². The van der Waals surface area contributed by atoms with Gasteiger partial charge in [0.1, 0.15) is 9.84 Å². The number of hydrogen-bond acceptors (Lipinski definition) is 4. The molecule has 3 N–H and O–H groups in total. The maximum atomic E-state index is 12.1. The highest BCUT2D eigenvalue weighted by atomic mass is 32.2. The molecule has 1 rings (SSSR count). The highest BCUT2D eigenvalue weighted by Gasteiger charge is 2.10. The van der Waals surface area contributed by atoms with E-state index in [0.717, 1.165) is 11.1 Å². The van der Waals surface area contributed by atoms with E-state index >= 15 is 0 Å². The van der Waals surface area contributed by atoms with Crippen molar-refractivity contribution < 1.29 is 13.2 Å². The molecule has 0 heterocycles. The van der Waals surface area contributed by atoms with Crippen LogP contribution in [0.4, 0.5) is 0 Å². The molecule has 0 aliphatic heterocycles. The van der Waals surface area contributed by atoms with Crippen molar-refractivity contribution in [3.63, 3.8) is 0 Å². The second kappa shape index (κ2) is 7.81. The van der Waals surface area contributed by atoms with Gasteiger partial charge in [0, 0.05) is 23.9 Å². The van der Waals surface area contributed by atoms with Crippen LogP contribution >= 0.6 is 0 Å². The Hall–Kier alpha value is -1.84. The van der Waals surface area contributed by atoms with Gasteiger partial charge in [-0.1, -0.05) is 17.9 Å². The first-order valence-electron chi connectivity index (χ1n) is 6.59. The van der Waals surface area contributed by atoms with Gasteiger partial charge in [-0.2, -0.15) is 0 Å². The van der Waals surface area contributed by atoms with E-state index in [9.17, 15) is 13.2 Å². The largest absolute Gasteiger partial charge is 0.352 e. The van der Waals surface area contributed by atoms with Gasteiger partial charge in [0.15, 0.2) is 0 Å². The lowest BCUT2D eigenvalue weighted by Crippen LogP contribution is -2.26. The van der Waals surface area contributed by atoms with Crippen molar-refractivity contribution in [2.75, 3.05) is 25.1 Å². The molecule has 5 nitrogen and oxygen atoms in total. The van der Waals surface area contributed by atoms with Crippen molar-refractivity contribution in [1.82, 2.24) is 5.32 Å². The third kappa shape index (κ3) is 5.98. The van der Waals surface area contributed by atoms with Crippen molar-refractivity contribution in [2.45, 2.75) is 13.3 Å². The molecule has 0 fully saturated rings. The number of nitrogens with two attached hydrogens (primary N) is 1. The Morgan fingerprint density at radius 2 is 2.10 bits per heavy atom. The lowest BCUT2D eigenvalue weighted by Gasteiger charge is -2.08. The lowest BCUT2D eigenvalue weighted by atomic mass is 10.0. The van der Waals surface area contributed by atoms with Crippen LogP contribution in [0.2, 0.25) is 0 Å². The molecule has 0 aliphatic rings. The number of hydrogen-bond donors (Lipinski definition) is 2. The van der Waals surface area contributed by atoms with Gasteiger partial charge in [0.05, 0.1) is 12.3 Å². The Kier molecular flexibility index (Phi) is 6.40. The molecule has 1 amide bonds. The van der Waals surface area contributed by atoms with Crippen LogP contribution in [0.25, 0.3) is 0 Å². The molecule has 0 atom stereocenters. The predicted molar refractivity (Wildman–Crippen MR) is 83.8 cm³/mol. The highest BCUT2D eigenvalue weighted by Crippen LogP contribution is 2.12. The third-order valence-corrected chi connectivity index (χ3v) is 3.91. The van der Waals surface area contributed by atoms with E-state index in [1.165, 1.54) is 6.26 Å². The van der Waals surface area contributed by atoms with Crippen molar-refractivity contribution in [2.24, 2.45) is 5.73 Å². The predicted octanol–water partition coefficient (Wildman–Crippen LogP) is 0.470. The van der Waals surface area contributed by atoms with Gasteiger partial charge in [-0.15, -0.1) is 0 Å². The van der Waals surface area contributed by atoms with Gasteiger partial charge >= 0.3 is 0 Å². The molecule has 0 bridgehead atoms. The first kappa shape index (κ1) is 17.2. The zero-order chi connectivity index (χ0) is 15.9. The monoisotopic (exact) mass is 308 g/mol. The molecule has 1 aromatic carbocycles. The second-order valence-corrected chi connectivity index (χ2v) is 6.98. The lowest BCUT2D eigenvalue weighted by molar-refractivity contribution is 0.0953. The molecule has 0 spiro atoms. The second-order valence-electron chi connectivity index (χ2n) is 4.72. The van der Waals surface area contributed by atoms with Gasteiger partial charge < -0.3 is 11.1 Å². The molecular weight excluding hydrogens is 288 g/mol. The number of amides is 1.